The molecule has 1 aromatic rings. The Morgan fingerprint density at radius 3 is 2.87 bits per heavy atom. The third-order valence-corrected chi connectivity index (χ3v) is 1.56. The van der Waals surface area contributed by atoms with E-state index in [0.717, 1.165) is 5.69 Å². The molecule has 0 radical (unpaired) electrons. The summed E-state index contributed by atoms with van der Waals surface area (Å²) >= 11 is 0. The maximum absolute atomic E-state index is 8.44. The summed E-state index contributed by atoms with van der Waals surface area (Å²) in [4.78, 5) is 8.05. The molecule has 5 nitrogen and oxygen atoms in total. The minimum Gasteiger partial charge on any atom is -0.477 e. The lowest BCUT2D eigenvalue weighted by atomic mass is 10.2. The number of nitriles is 1. The van der Waals surface area contributed by atoms with E-state index in [2.05, 4.69) is 29.1 Å². The van der Waals surface area contributed by atoms with Gasteiger partial charge >= 0.3 is 0 Å². The lowest BCUT2D eigenvalue weighted by Gasteiger charge is -2.08. The Balaban J connectivity index is 2.75. The van der Waals surface area contributed by atoms with Gasteiger partial charge in [0.2, 0.25) is 11.8 Å². The normalized spacial score (nSPS) is 9.80. The third kappa shape index (κ3) is 3.81. The fourth-order valence-electron chi connectivity index (χ4n) is 0.972. The van der Waals surface area contributed by atoms with E-state index in [9.17, 15) is 0 Å². The summed E-state index contributed by atoms with van der Waals surface area (Å²) < 4.78 is 5.43. The van der Waals surface area contributed by atoms with Crippen LogP contribution in [-0.2, 0) is 0 Å². The van der Waals surface area contributed by atoms with Gasteiger partial charge in [-0.15, -0.1) is 0 Å². The second kappa shape index (κ2) is 5.15. The van der Waals surface area contributed by atoms with Gasteiger partial charge in [0.15, 0.2) is 6.19 Å². The van der Waals surface area contributed by atoms with Gasteiger partial charge < -0.3 is 4.74 Å². The molecule has 1 rings (SSSR count). The van der Waals surface area contributed by atoms with Crippen molar-refractivity contribution < 1.29 is 4.74 Å². The predicted octanol–water partition coefficient (Wildman–Crippen LogP) is 1.71. The summed E-state index contributed by atoms with van der Waals surface area (Å²) in [5.41, 5.74) is 0.765. The molecule has 0 aromatic carbocycles. The zero-order valence-corrected chi connectivity index (χ0v) is 9.11. The maximum atomic E-state index is 8.44. The Morgan fingerprint density at radius 2 is 2.27 bits per heavy atom. The second-order valence-electron chi connectivity index (χ2n) is 3.61. The van der Waals surface area contributed by atoms with Gasteiger partial charge in [-0.3, -0.25) is 5.32 Å². The van der Waals surface area contributed by atoms with Gasteiger partial charge in [-0.2, -0.15) is 10.2 Å². The number of nitrogens with zero attached hydrogens (tertiary/aromatic N) is 3. The first-order valence-electron chi connectivity index (χ1n) is 4.75. The van der Waals surface area contributed by atoms with Crippen molar-refractivity contribution >= 4 is 5.95 Å². The van der Waals surface area contributed by atoms with Crippen LogP contribution in [0.15, 0.2) is 6.07 Å². The van der Waals surface area contributed by atoms with Crippen molar-refractivity contribution in [3.05, 3.63) is 11.8 Å². The molecule has 1 aromatic heterocycles. The lowest BCUT2D eigenvalue weighted by Crippen LogP contribution is -2.07. The molecule has 15 heavy (non-hydrogen) atoms. The molecule has 0 aliphatic heterocycles. The summed E-state index contributed by atoms with van der Waals surface area (Å²) in [7, 11) is 0. The van der Waals surface area contributed by atoms with Crippen LogP contribution in [0.25, 0.3) is 0 Å². The van der Waals surface area contributed by atoms with Crippen molar-refractivity contribution in [2.75, 3.05) is 11.9 Å². The Morgan fingerprint density at radius 1 is 1.53 bits per heavy atom. The molecule has 0 aliphatic carbocycles. The smallest absolute Gasteiger partial charge is 0.239 e. The number of nitrogens with one attached hydrogen (secondary N) is 1. The van der Waals surface area contributed by atoms with E-state index in [0.29, 0.717) is 18.4 Å². The van der Waals surface area contributed by atoms with Crippen LogP contribution in [0.4, 0.5) is 5.95 Å². The molecule has 1 heterocycles. The molecule has 5 heteroatoms. The standard InChI is InChI=1S/C10H14N4O/c1-7(2)5-15-9-4-8(3)13-10(14-9)12-6-11/h4,7H,5H2,1-3H3,(H,12,13,14). The van der Waals surface area contributed by atoms with Crippen LogP contribution >= 0.6 is 0 Å². The minimum absolute atomic E-state index is 0.274. The number of aryl methyl sites for hydroxylation is 1. The Hall–Kier alpha value is -1.83. The Bertz CT molecular complexity index is 370. The van der Waals surface area contributed by atoms with Crippen LogP contribution in [0, 0.1) is 24.3 Å². The number of hydrogen-bond donors (Lipinski definition) is 1. The molecule has 0 fully saturated rings. The van der Waals surface area contributed by atoms with Crippen LogP contribution < -0.4 is 10.1 Å². The van der Waals surface area contributed by atoms with Crippen LogP contribution in [-0.4, -0.2) is 16.6 Å². The van der Waals surface area contributed by atoms with Crippen LogP contribution in [0.1, 0.15) is 19.5 Å². The topological polar surface area (TPSA) is 70.8 Å². The summed E-state index contributed by atoms with van der Waals surface area (Å²) in [5, 5.41) is 10.8. The molecule has 1 N–H and O–H groups in total. The third-order valence-electron chi connectivity index (χ3n) is 1.56. The fraction of sp³-hybridized carbons (Fsp3) is 0.500. The summed E-state index contributed by atoms with van der Waals surface area (Å²) in [6.45, 7) is 6.54. The first-order chi connectivity index (χ1) is 7.11. The Labute approximate surface area is 89.1 Å². The highest BCUT2D eigenvalue weighted by Crippen LogP contribution is 2.12. The zero-order chi connectivity index (χ0) is 11.3. The molecule has 0 aliphatic rings. The molecule has 0 amide bonds. The lowest BCUT2D eigenvalue weighted by molar-refractivity contribution is 0.261. The largest absolute Gasteiger partial charge is 0.477 e. The molecular formula is C10H14N4O. The van der Waals surface area contributed by atoms with Crippen LogP contribution in [0.3, 0.4) is 0 Å². The molecule has 0 saturated carbocycles. The highest BCUT2D eigenvalue weighted by Gasteiger charge is 2.03. The van der Waals surface area contributed by atoms with Gasteiger partial charge in [0.05, 0.1) is 6.61 Å². The van der Waals surface area contributed by atoms with E-state index in [4.69, 9.17) is 10.00 Å². The van der Waals surface area contributed by atoms with Gasteiger partial charge in [-0.05, 0) is 12.8 Å². The molecule has 0 unspecified atom stereocenters. The van der Waals surface area contributed by atoms with Gasteiger partial charge in [0, 0.05) is 11.8 Å². The van der Waals surface area contributed by atoms with Crippen LogP contribution in [0.5, 0.6) is 5.88 Å². The van der Waals surface area contributed by atoms with Crippen molar-refractivity contribution in [3.8, 4) is 12.1 Å². The molecule has 0 saturated heterocycles. The predicted molar refractivity (Wildman–Crippen MR) is 56.3 cm³/mol. The summed E-state index contributed by atoms with van der Waals surface area (Å²) in [6, 6.07) is 1.74. The van der Waals surface area contributed by atoms with Gasteiger partial charge in [-0.1, -0.05) is 13.8 Å². The average molecular weight is 206 g/mol. The molecule has 0 bridgehead atoms. The fourth-order valence-corrected chi connectivity index (χ4v) is 0.972. The van der Waals surface area contributed by atoms with Crippen molar-refractivity contribution in [2.45, 2.75) is 20.8 Å². The Kier molecular flexibility index (Phi) is 3.86. The van der Waals surface area contributed by atoms with E-state index in [1.54, 1.807) is 12.3 Å². The van der Waals surface area contributed by atoms with E-state index in [1.807, 2.05) is 6.92 Å². The van der Waals surface area contributed by atoms with Crippen LogP contribution in [0.2, 0.25) is 0 Å². The maximum Gasteiger partial charge on any atom is 0.239 e. The first-order valence-corrected chi connectivity index (χ1v) is 4.75. The van der Waals surface area contributed by atoms with E-state index >= 15 is 0 Å². The van der Waals surface area contributed by atoms with Gasteiger partial charge in [0.25, 0.3) is 0 Å². The van der Waals surface area contributed by atoms with Gasteiger partial charge in [-0.25, -0.2) is 4.98 Å². The molecule has 0 spiro atoms. The van der Waals surface area contributed by atoms with E-state index in [-0.39, 0.29) is 5.95 Å². The minimum atomic E-state index is 0.274. The molecular weight excluding hydrogens is 192 g/mol. The molecule has 0 atom stereocenters. The SMILES string of the molecule is Cc1cc(OCC(C)C)nc(NC#N)n1. The van der Waals surface area contributed by atoms with Crippen molar-refractivity contribution in [3.63, 3.8) is 0 Å². The van der Waals surface area contributed by atoms with E-state index in [1.165, 1.54) is 0 Å². The number of hydrogen-bond acceptors (Lipinski definition) is 5. The number of ether oxygens (including phenoxy) is 1. The number of rotatable bonds is 4. The zero-order valence-electron chi connectivity index (χ0n) is 9.11. The summed E-state index contributed by atoms with van der Waals surface area (Å²) in [6.07, 6.45) is 1.77. The second-order valence-corrected chi connectivity index (χ2v) is 3.61. The van der Waals surface area contributed by atoms with Crippen molar-refractivity contribution in [1.29, 1.82) is 5.26 Å². The van der Waals surface area contributed by atoms with E-state index < -0.39 is 0 Å². The van der Waals surface area contributed by atoms with Gasteiger partial charge in [0.1, 0.15) is 0 Å². The van der Waals surface area contributed by atoms with Crippen molar-refractivity contribution in [2.24, 2.45) is 5.92 Å². The molecule has 80 valence electrons. The number of anilines is 1. The highest BCUT2D eigenvalue weighted by molar-refractivity contribution is 5.34. The first kappa shape index (κ1) is 11.2. The van der Waals surface area contributed by atoms with Crippen molar-refractivity contribution in [1.82, 2.24) is 9.97 Å². The number of aromatic nitrogens is 2. The average Bonchev–Trinajstić information content (AvgIpc) is 2.14. The summed E-state index contributed by atoms with van der Waals surface area (Å²) in [5.74, 6) is 1.21. The monoisotopic (exact) mass is 206 g/mol. The quantitative estimate of drug-likeness (QED) is 0.599. The highest BCUT2D eigenvalue weighted by atomic mass is 16.5.